The SMILES string of the molecule is CC(C)C1CC(=O)N(C(C)(C)CCC(C)(C)NC(=O)CC(C(=O)O)C(C)(C)C)C1=O. The Morgan fingerprint density at radius 1 is 1.07 bits per heavy atom. The number of imide groups is 1. The lowest BCUT2D eigenvalue weighted by Crippen LogP contribution is -2.51. The highest BCUT2D eigenvalue weighted by Crippen LogP contribution is 2.35. The number of hydrogen-bond acceptors (Lipinski definition) is 4. The van der Waals surface area contributed by atoms with Gasteiger partial charge in [0.25, 0.3) is 0 Å². The molecule has 0 radical (unpaired) electrons. The van der Waals surface area contributed by atoms with Crippen LogP contribution in [0.25, 0.3) is 0 Å². The minimum atomic E-state index is -0.984. The van der Waals surface area contributed by atoms with Gasteiger partial charge in [-0.25, -0.2) is 0 Å². The quantitative estimate of drug-likeness (QED) is 0.550. The Morgan fingerprint density at radius 3 is 2.00 bits per heavy atom. The second-order valence-corrected chi connectivity index (χ2v) is 11.3. The second kappa shape index (κ2) is 9.06. The number of amides is 3. The van der Waals surface area contributed by atoms with Crippen molar-refractivity contribution in [2.45, 2.75) is 99.1 Å². The van der Waals surface area contributed by atoms with E-state index in [1.807, 2.05) is 41.5 Å². The Labute approximate surface area is 181 Å². The lowest BCUT2D eigenvalue weighted by Gasteiger charge is -2.38. The Morgan fingerprint density at radius 2 is 1.60 bits per heavy atom. The van der Waals surface area contributed by atoms with Crippen LogP contribution in [-0.4, -0.2) is 44.8 Å². The van der Waals surface area contributed by atoms with E-state index in [4.69, 9.17) is 0 Å². The molecule has 7 heteroatoms. The van der Waals surface area contributed by atoms with Gasteiger partial charge in [0.1, 0.15) is 0 Å². The molecule has 0 aromatic rings. The van der Waals surface area contributed by atoms with Crippen LogP contribution < -0.4 is 5.32 Å². The summed E-state index contributed by atoms with van der Waals surface area (Å²) in [6, 6.07) is 0. The van der Waals surface area contributed by atoms with E-state index in [-0.39, 0.29) is 42.4 Å². The van der Waals surface area contributed by atoms with E-state index >= 15 is 0 Å². The maximum absolute atomic E-state index is 12.8. The summed E-state index contributed by atoms with van der Waals surface area (Å²) >= 11 is 0. The standard InChI is InChI=1S/C23H40N2O5/c1-14(2)15-12-18(27)25(19(15)28)23(8,9)11-10-22(6,7)24-17(26)13-16(20(29)30)21(3,4)5/h14-16H,10-13H2,1-9H3,(H,24,26)(H,29,30). The topological polar surface area (TPSA) is 104 Å². The molecule has 1 fully saturated rings. The molecule has 1 aliphatic heterocycles. The molecule has 2 N–H and O–H groups in total. The second-order valence-electron chi connectivity index (χ2n) is 11.3. The summed E-state index contributed by atoms with van der Waals surface area (Å²) in [6.07, 6.45) is 1.24. The van der Waals surface area contributed by atoms with Crippen LogP contribution in [-0.2, 0) is 19.2 Å². The highest BCUT2D eigenvalue weighted by atomic mass is 16.4. The molecular formula is C23H40N2O5. The van der Waals surface area contributed by atoms with Crippen molar-refractivity contribution in [3.8, 4) is 0 Å². The lowest BCUT2D eigenvalue weighted by molar-refractivity contribution is -0.148. The molecule has 0 aliphatic carbocycles. The van der Waals surface area contributed by atoms with E-state index in [1.54, 1.807) is 20.8 Å². The van der Waals surface area contributed by atoms with E-state index in [1.165, 1.54) is 4.90 Å². The van der Waals surface area contributed by atoms with Crippen LogP contribution in [0.5, 0.6) is 0 Å². The summed E-state index contributed by atoms with van der Waals surface area (Å²) in [4.78, 5) is 50.7. The van der Waals surface area contributed by atoms with Crippen LogP contribution in [0.4, 0.5) is 0 Å². The molecule has 3 amide bonds. The van der Waals surface area contributed by atoms with Gasteiger partial charge in [0.2, 0.25) is 17.7 Å². The molecule has 30 heavy (non-hydrogen) atoms. The summed E-state index contributed by atoms with van der Waals surface area (Å²) < 4.78 is 0. The summed E-state index contributed by atoms with van der Waals surface area (Å²) in [5.41, 5.74) is -1.79. The molecule has 1 heterocycles. The first-order valence-electron chi connectivity index (χ1n) is 10.8. The molecule has 2 atom stereocenters. The average Bonchev–Trinajstić information content (AvgIpc) is 2.85. The number of nitrogens with one attached hydrogen (secondary N) is 1. The first-order valence-corrected chi connectivity index (χ1v) is 10.8. The van der Waals surface area contributed by atoms with Crippen molar-refractivity contribution < 1.29 is 24.3 Å². The number of carbonyl (C=O) groups is 4. The molecule has 0 aromatic heterocycles. The van der Waals surface area contributed by atoms with Crippen molar-refractivity contribution in [2.75, 3.05) is 0 Å². The molecule has 0 aromatic carbocycles. The lowest BCUT2D eigenvalue weighted by atomic mass is 9.78. The third kappa shape index (κ3) is 6.54. The van der Waals surface area contributed by atoms with Crippen molar-refractivity contribution in [1.82, 2.24) is 10.2 Å². The van der Waals surface area contributed by atoms with Gasteiger partial charge in [0, 0.05) is 29.8 Å². The summed E-state index contributed by atoms with van der Waals surface area (Å²) in [7, 11) is 0. The average molecular weight is 425 g/mol. The Balaban J connectivity index is 2.78. The number of carboxylic acids is 1. The third-order valence-corrected chi connectivity index (χ3v) is 6.16. The number of carboxylic acid groups (broad SMARTS) is 1. The number of nitrogens with zero attached hydrogens (tertiary/aromatic N) is 1. The zero-order valence-electron chi connectivity index (χ0n) is 20.1. The van der Waals surface area contributed by atoms with Gasteiger partial charge in [-0.05, 0) is 51.9 Å². The van der Waals surface area contributed by atoms with E-state index in [0.717, 1.165) is 0 Å². The Hall–Kier alpha value is -1.92. The van der Waals surface area contributed by atoms with Crippen LogP contribution in [0.15, 0.2) is 0 Å². The van der Waals surface area contributed by atoms with Gasteiger partial charge < -0.3 is 10.4 Å². The van der Waals surface area contributed by atoms with Crippen molar-refractivity contribution in [1.29, 1.82) is 0 Å². The van der Waals surface area contributed by atoms with Gasteiger partial charge >= 0.3 is 5.97 Å². The van der Waals surface area contributed by atoms with E-state index in [0.29, 0.717) is 12.8 Å². The third-order valence-electron chi connectivity index (χ3n) is 6.16. The van der Waals surface area contributed by atoms with Gasteiger partial charge in [-0.3, -0.25) is 24.1 Å². The maximum Gasteiger partial charge on any atom is 0.307 e. The number of carbonyl (C=O) groups excluding carboxylic acids is 3. The number of rotatable bonds is 9. The number of likely N-dealkylation sites (tertiary alicyclic amines) is 1. The van der Waals surface area contributed by atoms with E-state index in [2.05, 4.69) is 5.32 Å². The molecule has 2 unspecified atom stereocenters. The van der Waals surface area contributed by atoms with Gasteiger partial charge in [-0.1, -0.05) is 34.6 Å². The number of hydrogen-bond donors (Lipinski definition) is 2. The monoisotopic (exact) mass is 424 g/mol. The van der Waals surface area contributed by atoms with Crippen LogP contribution in [0.3, 0.4) is 0 Å². The summed E-state index contributed by atoms with van der Waals surface area (Å²) in [6.45, 7) is 16.8. The largest absolute Gasteiger partial charge is 0.481 e. The minimum Gasteiger partial charge on any atom is -0.481 e. The molecule has 172 valence electrons. The predicted octanol–water partition coefficient (Wildman–Crippen LogP) is 3.61. The molecule has 7 nitrogen and oxygen atoms in total. The van der Waals surface area contributed by atoms with E-state index < -0.39 is 28.4 Å². The molecule has 0 spiro atoms. The predicted molar refractivity (Wildman–Crippen MR) is 116 cm³/mol. The Bertz CT molecular complexity index is 688. The van der Waals surface area contributed by atoms with Gasteiger partial charge in [0.05, 0.1) is 5.92 Å². The van der Waals surface area contributed by atoms with Crippen molar-refractivity contribution in [2.24, 2.45) is 23.2 Å². The van der Waals surface area contributed by atoms with Gasteiger partial charge in [-0.2, -0.15) is 0 Å². The zero-order chi connectivity index (χ0) is 23.7. The molecule has 0 saturated carbocycles. The van der Waals surface area contributed by atoms with Crippen LogP contribution in [0.2, 0.25) is 0 Å². The van der Waals surface area contributed by atoms with Crippen LogP contribution >= 0.6 is 0 Å². The van der Waals surface area contributed by atoms with Crippen LogP contribution in [0, 0.1) is 23.2 Å². The fourth-order valence-electron chi connectivity index (χ4n) is 3.98. The normalized spacial score (nSPS) is 19.4. The maximum atomic E-state index is 12.8. The first kappa shape index (κ1) is 26.1. The van der Waals surface area contributed by atoms with E-state index in [9.17, 15) is 24.3 Å². The van der Waals surface area contributed by atoms with Crippen molar-refractivity contribution in [3.05, 3.63) is 0 Å². The Kier molecular flexibility index (Phi) is 7.89. The molecule has 0 bridgehead atoms. The molecular weight excluding hydrogens is 384 g/mol. The highest BCUT2D eigenvalue weighted by molar-refractivity contribution is 6.04. The fourth-order valence-corrected chi connectivity index (χ4v) is 3.98. The fraction of sp³-hybridized carbons (Fsp3) is 0.826. The summed E-state index contributed by atoms with van der Waals surface area (Å²) in [5, 5.41) is 12.4. The highest BCUT2D eigenvalue weighted by Gasteiger charge is 2.47. The smallest absolute Gasteiger partial charge is 0.307 e. The number of aliphatic carboxylic acids is 1. The minimum absolute atomic E-state index is 0.0924. The molecule has 1 rings (SSSR count). The van der Waals surface area contributed by atoms with Crippen molar-refractivity contribution in [3.63, 3.8) is 0 Å². The summed E-state index contributed by atoms with van der Waals surface area (Å²) in [5.74, 6) is -2.48. The molecule has 1 aliphatic rings. The zero-order valence-corrected chi connectivity index (χ0v) is 20.1. The van der Waals surface area contributed by atoms with Crippen molar-refractivity contribution >= 4 is 23.7 Å². The molecule has 1 saturated heterocycles. The van der Waals surface area contributed by atoms with Gasteiger partial charge in [-0.15, -0.1) is 0 Å². The van der Waals surface area contributed by atoms with Gasteiger partial charge in [0.15, 0.2) is 0 Å². The first-order chi connectivity index (χ1) is 13.4. The van der Waals surface area contributed by atoms with Crippen LogP contribution in [0.1, 0.15) is 88.0 Å².